The van der Waals surface area contributed by atoms with Gasteiger partial charge in [-0.3, -0.25) is 14.3 Å². The highest BCUT2D eigenvalue weighted by atomic mass is 32.2. The number of hydrogen-bond donors (Lipinski definition) is 3. The van der Waals surface area contributed by atoms with Crippen molar-refractivity contribution in [3.05, 3.63) is 76.2 Å². The van der Waals surface area contributed by atoms with Crippen molar-refractivity contribution in [2.24, 2.45) is 5.73 Å². The molecule has 0 unspecified atom stereocenters. The lowest BCUT2D eigenvalue weighted by Gasteiger charge is -2.13. The van der Waals surface area contributed by atoms with Gasteiger partial charge >= 0.3 is 0 Å². The largest absolute Gasteiger partial charge is 0.366 e. The van der Waals surface area contributed by atoms with Gasteiger partial charge in [-0.05, 0) is 42.5 Å². The minimum atomic E-state index is -3.99. The first kappa shape index (κ1) is 19.5. The Morgan fingerprint density at radius 2 is 1.64 bits per heavy atom. The lowest BCUT2D eigenvalue weighted by molar-refractivity contribution is 0.100. The molecule has 4 N–H and O–H groups in total. The van der Waals surface area contributed by atoms with Crippen LogP contribution in [-0.4, -0.2) is 20.2 Å². The molecule has 0 aliphatic rings. The van der Waals surface area contributed by atoms with E-state index in [9.17, 15) is 22.4 Å². The lowest BCUT2D eigenvalue weighted by Crippen LogP contribution is -2.17. The van der Waals surface area contributed by atoms with Gasteiger partial charge in [0, 0.05) is 5.38 Å². The van der Waals surface area contributed by atoms with Crippen molar-refractivity contribution in [3.8, 4) is 0 Å². The maximum atomic E-state index is 13.0. The van der Waals surface area contributed by atoms with E-state index < -0.39 is 27.7 Å². The first-order valence-electron chi connectivity index (χ1n) is 7.83. The number of rotatable bonds is 6. The Morgan fingerprint density at radius 1 is 1.00 bits per heavy atom. The molecule has 10 heteroatoms. The van der Waals surface area contributed by atoms with E-state index in [0.717, 1.165) is 35.6 Å². The van der Waals surface area contributed by atoms with Crippen molar-refractivity contribution >= 4 is 44.5 Å². The summed E-state index contributed by atoms with van der Waals surface area (Å²) < 4.78 is 40.4. The van der Waals surface area contributed by atoms with Crippen molar-refractivity contribution < 1.29 is 22.4 Å². The molecule has 0 fully saturated rings. The topological polar surface area (TPSA) is 118 Å². The molecule has 7 nitrogen and oxygen atoms in total. The van der Waals surface area contributed by atoms with Crippen molar-refractivity contribution in [2.75, 3.05) is 10.0 Å². The number of amides is 2. The summed E-state index contributed by atoms with van der Waals surface area (Å²) in [4.78, 5) is 23.7. The van der Waals surface area contributed by atoms with Crippen molar-refractivity contribution in [3.63, 3.8) is 0 Å². The Bertz CT molecular complexity index is 1140. The van der Waals surface area contributed by atoms with E-state index in [1.165, 1.54) is 23.6 Å². The zero-order chi connectivity index (χ0) is 20.3. The van der Waals surface area contributed by atoms with Crippen molar-refractivity contribution in [2.45, 2.75) is 4.90 Å². The van der Waals surface area contributed by atoms with Gasteiger partial charge in [-0.2, -0.15) is 0 Å². The highest BCUT2D eigenvalue weighted by molar-refractivity contribution is 7.92. The molecule has 1 aromatic heterocycles. The summed E-state index contributed by atoms with van der Waals surface area (Å²) in [5.74, 6) is -1.73. The van der Waals surface area contributed by atoms with Crippen LogP contribution >= 0.6 is 11.3 Å². The number of carbonyl (C=O) groups is 2. The fourth-order valence-electron chi connectivity index (χ4n) is 2.27. The predicted molar refractivity (Wildman–Crippen MR) is 104 cm³/mol. The molecule has 3 aromatic rings. The van der Waals surface area contributed by atoms with E-state index in [-0.39, 0.29) is 26.7 Å². The van der Waals surface area contributed by atoms with E-state index in [1.54, 1.807) is 12.1 Å². The highest BCUT2D eigenvalue weighted by Crippen LogP contribution is 2.26. The summed E-state index contributed by atoms with van der Waals surface area (Å²) in [6.07, 6.45) is 0. The Kier molecular flexibility index (Phi) is 5.43. The van der Waals surface area contributed by atoms with Gasteiger partial charge in [-0.25, -0.2) is 12.8 Å². The molecular weight excluding hydrogens is 405 g/mol. The zero-order valence-electron chi connectivity index (χ0n) is 14.2. The van der Waals surface area contributed by atoms with Gasteiger partial charge < -0.3 is 11.1 Å². The average Bonchev–Trinajstić information content (AvgIpc) is 3.14. The number of thiophene rings is 1. The third-order valence-electron chi connectivity index (χ3n) is 3.65. The van der Waals surface area contributed by atoms with Crippen molar-refractivity contribution in [1.29, 1.82) is 0 Å². The number of nitrogens with one attached hydrogen (secondary N) is 2. The van der Waals surface area contributed by atoms with Crippen LogP contribution < -0.4 is 15.8 Å². The molecule has 2 amide bonds. The zero-order valence-corrected chi connectivity index (χ0v) is 15.8. The van der Waals surface area contributed by atoms with Gasteiger partial charge in [-0.1, -0.05) is 12.1 Å². The minimum Gasteiger partial charge on any atom is -0.366 e. The minimum absolute atomic E-state index is 0.126. The van der Waals surface area contributed by atoms with Crippen LogP contribution in [0.4, 0.5) is 15.8 Å². The summed E-state index contributed by atoms with van der Waals surface area (Å²) >= 11 is 1.04. The first-order chi connectivity index (χ1) is 13.3. The molecule has 0 saturated carbocycles. The Labute approximate surface area is 164 Å². The first-order valence-corrected chi connectivity index (χ1v) is 10.2. The summed E-state index contributed by atoms with van der Waals surface area (Å²) in [6.45, 7) is 0. The van der Waals surface area contributed by atoms with Crippen molar-refractivity contribution in [1.82, 2.24) is 0 Å². The smallest absolute Gasteiger partial charge is 0.265 e. The molecule has 3 rings (SSSR count). The van der Waals surface area contributed by atoms with Crippen LogP contribution in [-0.2, 0) is 10.0 Å². The second kappa shape index (κ2) is 7.79. The quantitative estimate of drug-likeness (QED) is 0.569. The number of halogens is 1. The van der Waals surface area contributed by atoms with Crippen LogP contribution in [0.25, 0.3) is 0 Å². The van der Waals surface area contributed by atoms with E-state index in [4.69, 9.17) is 5.73 Å². The summed E-state index contributed by atoms with van der Waals surface area (Å²) in [5, 5.41) is 4.05. The van der Waals surface area contributed by atoms with Gasteiger partial charge in [-0.15, -0.1) is 11.3 Å². The van der Waals surface area contributed by atoms with Gasteiger partial charge in [0.25, 0.3) is 15.9 Å². The van der Waals surface area contributed by atoms with E-state index >= 15 is 0 Å². The third-order valence-corrected chi connectivity index (χ3v) is 5.96. The Balaban J connectivity index is 1.83. The number of primary amides is 1. The Morgan fingerprint density at radius 3 is 2.25 bits per heavy atom. The lowest BCUT2D eigenvalue weighted by atomic mass is 10.2. The molecule has 2 aromatic carbocycles. The molecular formula is C18H14FN3O4S2. The van der Waals surface area contributed by atoms with Crippen LogP contribution in [0.2, 0.25) is 0 Å². The van der Waals surface area contributed by atoms with E-state index in [0.29, 0.717) is 0 Å². The number of sulfonamides is 1. The average molecular weight is 419 g/mol. The number of hydrogen-bond acceptors (Lipinski definition) is 5. The second-order valence-corrected chi connectivity index (χ2v) is 8.22. The van der Waals surface area contributed by atoms with Gasteiger partial charge in [0.2, 0.25) is 5.91 Å². The normalized spacial score (nSPS) is 11.0. The molecule has 0 spiro atoms. The van der Waals surface area contributed by atoms with Gasteiger partial charge in [0.1, 0.15) is 5.82 Å². The maximum absolute atomic E-state index is 13.0. The molecule has 28 heavy (non-hydrogen) atoms. The SMILES string of the molecule is NC(=O)c1csc(C(=O)Nc2ccccc2NS(=O)(=O)c2ccc(F)cc2)c1. The van der Waals surface area contributed by atoms with Gasteiger partial charge in [0.15, 0.2) is 0 Å². The molecule has 0 bridgehead atoms. The number of benzene rings is 2. The molecule has 0 aliphatic heterocycles. The van der Waals surface area contributed by atoms with E-state index in [1.807, 2.05) is 0 Å². The molecule has 0 aliphatic carbocycles. The van der Waals surface area contributed by atoms with Gasteiger partial charge in [0.05, 0.1) is 26.7 Å². The predicted octanol–water partition coefficient (Wildman–Crippen LogP) is 3.04. The fraction of sp³-hybridized carbons (Fsp3) is 0. The fourth-order valence-corrected chi connectivity index (χ4v) is 4.14. The molecule has 0 saturated heterocycles. The summed E-state index contributed by atoms with van der Waals surface area (Å²) in [5.41, 5.74) is 5.73. The number of nitrogens with two attached hydrogens (primary N) is 1. The third kappa shape index (κ3) is 4.35. The molecule has 0 atom stereocenters. The molecule has 144 valence electrons. The summed E-state index contributed by atoms with van der Waals surface area (Å²) in [6, 6.07) is 11.9. The molecule has 0 radical (unpaired) electrons. The Hall–Kier alpha value is -3.24. The standard InChI is InChI=1S/C18H14FN3O4S2/c19-12-5-7-13(8-6-12)28(25,26)22-15-4-2-1-3-14(15)21-18(24)16-9-11(10-27-16)17(20)23/h1-10,22H,(H2,20,23)(H,21,24). The number of anilines is 2. The van der Waals surface area contributed by atoms with Crippen LogP contribution in [0.15, 0.2) is 64.9 Å². The number of para-hydroxylation sites is 2. The highest BCUT2D eigenvalue weighted by Gasteiger charge is 2.18. The monoisotopic (exact) mass is 419 g/mol. The summed E-state index contributed by atoms with van der Waals surface area (Å²) in [7, 11) is -3.99. The second-order valence-electron chi connectivity index (χ2n) is 5.62. The number of carbonyl (C=O) groups excluding carboxylic acids is 2. The van der Waals surface area contributed by atoms with E-state index in [2.05, 4.69) is 10.0 Å². The molecule has 1 heterocycles. The van der Waals surface area contributed by atoms with Crippen LogP contribution in [0.5, 0.6) is 0 Å². The van der Waals surface area contributed by atoms with Crippen LogP contribution in [0.1, 0.15) is 20.0 Å². The van der Waals surface area contributed by atoms with Crippen LogP contribution in [0.3, 0.4) is 0 Å². The maximum Gasteiger partial charge on any atom is 0.265 e. The van der Waals surface area contributed by atoms with Crippen LogP contribution in [0, 0.1) is 5.82 Å².